The Bertz CT molecular complexity index is 838. The van der Waals surface area contributed by atoms with E-state index in [9.17, 15) is 25.4 Å². The standard InChI is InChI=1S/C20H25N3O5/c1-22-13-6-12(20(26)27)19(22)14-5-11-10(8-24)3-4-17(28-2)18(11)16(9-25)23(14)15(13)7-21/h3-4,12-16,19,24-25H,5-6,8-9H2,1-2H3,(H,26,27)/t12-,13+,14+,15?,16+,19-/m1/s1. The van der Waals surface area contributed by atoms with Gasteiger partial charge in [0.15, 0.2) is 0 Å². The molecular weight excluding hydrogens is 362 g/mol. The van der Waals surface area contributed by atoms with Gasteiger partial charge in [0.05, 0.1) is 38.4 Å². The van der Waals surface area contributed by atoms with E-state index in [0.717, 1.165) is 16.7 Å². The first kappa shape index (κ1) is 19.2. The van der Waals surface area contributed by atoms with Gasteiger partial charge in [-0.2, -0.15) is 5.26 Å². The minimum Gasteiger partial charge on any atom is -0.496 e. The molecule has 1 unspecified atom stereocenters. The number of aliphatic carboxylic acids is 1. The van der Waals surface area contributed by atoms with E-state index in [4.69, 9.17) is 4.74 Å². The van der Waals surface area contributed by atoms with Crippen LogP contribution in [0.3, 0.4) is 0 Å². The van der Waals surface area contributed by atoms with Crippen molar-refractivity contribution in [3.8, 4) is 11.8 Å². The lowest BCUT2D eigenvalue weighted by Gasteiger charge is -2.54. The molecule has 0 aliphatic carbocycles. The average molecular weight is 387 g/mol. The fourth-order valence-corrected chi connectivity index (χ4v) is 5.76. The van der Waals surface area contributed by atoms with E-state index >= 15 is 0 Å². The molecule has 0 amide bonds. The first-order chi connectivity index (χ1) is 13.5. The average Bonchev–Trinajstić information content (AvgIpc) is 2.95. The van der Waals surface area contributed by atoms with Crippen molar-refractivity contribution in [1.82, 2.24) is 9.80 Å². The number of fused-ring (bicyclic) bond motifs is 5. The highest BCUT2D eigenvalue weighted by molar-refractivity contribution is 5.72. The van der Waals surface area contributed by atoms with Crippen molar-refractivity contribution in [2.45, 2.75) is 49.7 Å². The van der Waals surface area contributed by atoms with Gasteiger partial charge in [-0.05, 0) is 37.1 Å². The Morgan fingerprint density at radius 2 is 2.11 bits per heavy atom. The maximum Gasteiger partial charge on any atom is 0.308 e. The van der Waals surface area contributed by atoms with Crippen molar-refractivity contribution in [3.05, 3.63) is 28.8 Å². The molecule has 0 saturated carbocycles. The van der Waals surface area contributed by atoms with Gasteiger partial charge in [-0.15, -0.1) is 0 Å². The van der Waals surface area contributed by atoms with Crippen LogP contribution in [0, 0.1) is 17.2 Å². The van der Waals surface area contributed by atoms with E-state index < -0.39 is 24.0 Å². The predicted molar refractivity (Wildman–Crippen MR) is 98.6 cm³/mol. The van der Waals surface area contributed by atoms with Crippen LogP contribution in [0.5, 0.6) is 5.75 Å². The molecule has 1 aromatic rings. The minimum atomic E-state index is -0.850. The molecule has 6 atom stereocenters. The summed E-state index contributed by atoms with van der Waals surface area (Å²) in [5.74, 6) is -0.801. The lowest BCUT2D eigenvalue weighted by atomic mass is 9.79. The quantitative estimate of drug-likeness (QED) is 0.667. The Labute approximate surface area is 163 Å². The second kappa shape index (κ2) is 7.01. The number of nitriles is 1. The number of methoxy groups -OCH3 is 1. The van der Waals surface area contributed by atoms with Crippen LogP contribution < -0.4 is 4.74 Å². The number of carbonyl (C=O) groups is 1. The number of rotatable bonds is 4. The van der Waals surface area contributed by atoms with Gasteiger partial charge in [0, 0.05) is 23.7 Å². The van der Waals surface area contributed by atoms with Crippen molar-refractivity contribution in [1.29, 1.82) is 5.26 Å². The van der Waals surface area contributed by atoms with Gasteiger partial charge in [0.2, 0.25) is 0 Å². The Hall–Kier alpha value is -2.18. The molecule has 28 heavy (non-hydrogen) atoms. The molecule has 2 saturated heterocycles. The molecule has 0 aromatic heterocycles. The van der Waals surface area contributed by atoms with Crippen LogP contribution in [0.1, 0.15) is 29.2 Å². The van der Waals surface area contributed by atoms with Crippen LogP contribution in [-0.4, -0.2) is 76.0 Å². The molecular formula is C20H25N3O5. The molecule has 2 bridgehead atoms. The van der Waals surface area contributed by atoms with Crippen LogP contribution in [0.25, 0.3) is 0 Å². The summed E-state index contributed by atoms with van der Waals surface area (Å²) in [6, 6.07) is 4.26. The fraction of sp³-hybridized carbons (Fsp3) is 0.600. The van der Waals surface area contributed by atoms with Crippen molar-refractivity contribution in [2.24, 2.45) is 5.92 Å². The first-order valence-electron chi connectivity index (χ1n) is 9.50. The van der Waals surface area contributed by atoms with E-state index in [1.165, 1.54) is 0 Å². The Morgan fingerprint density at radius 1 is 1.36 bits per heavy atom. The number of ether oxygens (including phenoxy) is 1. The van der Waals surface area contributed by atoms with Crippen molar-refractivity contribution in [2.75, 3.05) is 20.8 Å². The summed E-state index contributed by atoms with van der Waals surface area (Å²) in [5.41, 5.74) is 2.43. The monoisotopic (exact) mass is 387 g/mol. The third kappa shape index (κ3) is 2.47. The topological polar surface area (TPSA) is 117 Å². The number of aliphatic hydroxyl groups is 2. The molecule has 8 nitrogen and oxygen atoms in total. The number of benzene rings is 1. The van der Waals surface area contributed by atoms with Gasteiger partial charge in [-0.25, -0.2) is 0 Å². The molecule has 4 rings (SSSR count). The lowest BCUT2D eigenvalue weighted by molar-refractivity contribution is -0.144. The van der Waals surface area contributed by atoms with Crippen molar-refractivity contribution >= 4 is 5.97 Å². The van der Waals surface area contributed by atoms with Gasteiger partial charge in [0.25, 0.3) is 0 Å². The van der Waals surface area contributed by atoms with Crippen molar-refractivity contribution < 1.29 is 24.9 Å². The maximum absolute atomic E-state index is 11.9. The fourth-order valence-electron chi connectivity index (χ4n) is 5.76. The number of likely N-dealkylation sites (N-methyl/N-ethyl adjacent to an activating group) is 1. The zero-order valence-corrected chi connectivity index (χ0v) is 15.9. The van der Waals surface area contributed by atoms with Crippen LogP contribution in [0.15, 0.2) is 12.1 Å². The summed E-state index contributed by atoms with van der Waals surface area (Å²) in [7, 11) is 3.45. The molecule has 3 heterocycles. The molecule has 3 N–H and O–H groups in total. The number of carboxylic acids is 1. The zero-order valence-electron chi connectivity index (χ0n) is 15.9. The molecule has 3 aliphatic heterocycles. The highest BCUT2D eigenvalue weighted by atomic mass is 16.5. The highest BCUT2D eigenvalue weighted by Crippen LogP contribution is 2.50. The molecule has 0 spiro atoms. The van der Waals surface area contributed by atoms with E-state index in [1.807, 2.05) is 22.9 Å². The largest absolute Gasteiger partial charge is 0.496 e. The SMILES string of the molecule is COc1ccc(CO)c2c1[C@H](CO)N1C(C#N)[C@@H]3C[C@@H](C(=O)O)[C@H]([C@@H]1C2)N3C. The summed E-state index contributed by atoms with van der Waals surface area (Å²) in [6.45, 7) is -0.363. The third-order valence-electron chi connectivity index (χ3n) is 6.90. The number of carboxylic acid groups (broad SMARTS) is 1. The Kier molecular flexibility index (Phi) is 4.79. The smallest absolute Gasteiger partial charge is 0.308 e. The second-order valence-electron chi connectivity index (χ2n) is 7.87. The van der Waals surface area contributed by atoms with E-state index in [-0.39, 0.29) is 31.3 Å². The summed E-state index contributed by atoms with van der Waals surface area (Å²) < 4.78 is 5.54. The zero-order chi connectivity index (χ0) is 20.2. The number of piperazine rings is 1. The number of hydrogen-bond donors (Lipinski definition) is 3. The van der Waals surface area contributed by atoms with Crippen LogP contribution >= 0.6 is 0 Å². The third-order valence-corrected chi connectivity index (χ3v) is 6.90. The summed E-state index contributed by atoms with van der Waals surface area (Å²) in [5, 5.41) is 39.9. The number of nitrogens with zero attached hydrogens (tertiary/aromatic N) is 3. The molecule has 2 fully saturated rings. The van der Waals surface area contributed by atoms with Gasteiger partial charge in [-0.3, -0.25) is 14.6 Å². The minimum absolute atomic E-state index is 0.148. The van der Waals surface area contributed by atoms with E-state index in [0.29, 0.717) is 18.6 Å². The maximum atomic E-state index is 11.9. The number of aliphatic hydroxyl groups excluding tert-OH is 2. The van der Waals surface area contributed by atoms with Gasteiger partial charge in [0.1, 0.15) is 11.8 Å². The first-order valence-corrected chi connectivity index (χ1v) is 9.50. The number of hydrogen-bond acceptors (Lipinski definition) is 7. The highest BCUT2D eigenvalue weighted by Gasteiger charge is 2.59. The second-order valence-corrected chi connectivity index (χ2v) is 7.87. The predicted octanol–water partition coefficient (Wildman–Crippen LogP) is 0.127. The van der Waals surface area contributed by atoms with Gasteiger partial charge in [-0.1, -0.05) is 6.07 Å². The summed E-state index contributed by atoms with van der Waals surface area (Å²) >= 11 is 0. The van der Waals surface area contributed by atoms with Crippen LogP contribution in [0.2, 0.25) is 0 Å². The van der Waals surface area contributed by atoms with E-state index in [2.05, 4.69) is 6.07 Å². The Morgan fingerprint density at radius 3 is 2.68 bits per heavy atom. The van der Waals surface area contributed by atoms with E-state index in [1.54, 1.807) is 13.2 Å². The molecule has 3 aliphatic rings. The van der Waals surface area contributed by atoms with Crippen LogP contribution in [0.4, 0.5) is 0 Å². The molecule has 8 heteroatoms. The van der Waals surface area contributed by atoms with Gasteiger partial charge < -0.3 is 20.1 Å². The normalized spacial score (nSPS) is 34.4. The summed E-state index contributed by atoms with van der Waals surface area (Å²) in [6.07, 6.45) is 0.919. The summed E-state index contributed by atoms with van der Waals surface area (Å²) in [4.78, 5) is 16.0. The molecule has 0 radical (unpaired) electrons. The molecule has 150 valence electrons. The Balaban J connectivity index is 1.91. The lowest BCUT2D eigenvalue weighted by Crippen LogP contribution is -2.67. The van der Waals surface area contributed by atoms with Gasteiger partial charge >= 0.3 is 5.97 Å². The van der Waals surface area contributed by atoms with Crippen molar-refractivity contribution in [3.63, 3.8) is 0 Å². The van der Waals surface area contributed by atoms with Crippen LogP contribution in [-0.2, 0) is 17.8 Å². The molecule has 1 aromatic carbocycles.